The van der Waals surface area contributed by atoms with Crippen molar-refractivity contribution in [3.05, 3.63) is 33.4 Å². The number of phenolic OH excluding ortho intramolecular Hbond substituents is 1. The highest BCUT2D eigenvalue weighted by molar-refractivity contribution is 9.10. The summed E-state index contributed by atoms with van der Waals surface area (Å²) in [5.41, 5.74) is 1.64. The number of halogens is 1. The molecule has 1 aromatic carbocycles. The zero-order valence-electron chi connectivity index (χ0n) is 15.9. The van der Waals surface area contributed by atoms with Crippen molar-refractivity contribution in [1.29, 1.82) is 0 Å². The Hall–Kier alpha value is -2.35. The lowest BCUT2D eigenvalue weighted by atomic mass is 9.70. The Bertz CT molecular complexity index is 878. The van der Waals surface area contributed by atoms with E-state index in [0.717, 1.165) is 0 Å². The van der Waals surface area contributed by atoms with Crippen molar-refractivity contribution >= 4 is 33.6 Å². The van der Waals surface area contributed by atoms with Crippen molar-refractivity contribution in [3.8, 4) is 11.5 Å². The van der Waals surface area contributed by atoms with Gasteiger partial charge in [0.2, 0.25) is 5.91 Å². The summed E-state index contributed by atoms with van der Waals surface area (Å²) in [7, 11) is 1.26. The van der Waals surface area contributed by atoms with Crippen LogP contribution in [0.25, 0.3) is 0 Å². The molecule has 2 N–H and O–H groups in total. The predicted octanol–water partition coefficient (Wildman–Crippen LogP) is 2.81. The SMILES string of the molecule is CCOc1cc([C@H]2CC(=O)NC3=C2C(=O)[C@H](C(=O)OC)[C@H](C)C3)cc(Br)c1O. The summed E-state index contributed by atoms with van der Waals surface area (Å²) < 4.78 is 10.7. The molecule has 1 aromatic rings. The van der Waals surface area contributed by atoms with Gasteiger partial charge in [0.05, 0.1) is 18.2 Å². The van der Waals surface area contributed by atoms with E-state index in [0.29, 0.717) is 34.3 Å². The average Bonchev–Trinajstić information content (AvgIpc) is 2.64. The number of carbonyl (C=O) groups is 3. The lowest BCUT2D eigenvalue weighted by Gasteiger charge is -2.36. The van der Waals surface area contributed by atoms with Gasteiger partial charge in [-0.15, -0.1) is 0 Å². The van der Waals surface area contributed by atoms with Crippen LogP contribution in [0.5, 0.6) is 11.5 Å². The number of phenols is 1. The first kappa shape index (κ1) is 20.4. The smallest absolute Gasteiger partial charge is 0.316 e. The second-order valence-electron chi connectivity index (χ2n) is 7.03. The molecule has 3 rings (SSSR count). The van der Waals surface area contributed by atoms with Crippen LogP contribution in [0.1, 0.15) is 38.2 Å². The van der Waals surface area contributed by atoms with Gasteiger partial charge in [-0.1, -0.05) is 6.92 Å². The van der Waals surface area contributed by atoms with E-state index in [1.165, 1.54) is 7.11 Å². The normalized spacial score (nSPS) is 24.5. The number of Topliss-reactive ketones (excluding diaryl/α,β-unsaturated/α-hetero) is 1. The Morgan fingerprint density at radius 1 is 1.32 bits per heavy atom. The van der Waals surface area contributed by atoms with Crippen LogP contribution in [0.15, 0.2) is 27.9 Å². The van der Waals surface area contributed by atoms with E-state index in [2.05, 4.69) is 21.2 Å². The molecule has 1 heterocycles. The molecule has 3 atom stereocenters. The van der Waals surface area contributed by atoms with Gasteiger partial charge in [-0.05, 0) is 52.9 Å². The Morgan fingerprint density at radius 2 is 2.04 bits per heavy atom. The number of nitrogens with one attached hydrogen (secondary N) is 1. The van der Waals surface area contributed by atoms with Crippen molar-refractivity contribution < 1.29 is 29.0 Å². The first-order chi connectivity index (χ1) is 13.3. The van der Waals surface area contributed by atoms with Gasteiger partial charge in [-0.25, -0.2) is 0 Å². The standard InChI is InChI=1S/C20H22BrNO6/c1-4-28-14-7-10(6-12(21)18(14)24)11-8-15(23)22-13-5-9(2)16(20(26)27-3)19(25)17(11)13/h6-7,9,11,16,24H,4-5,8H2,1-3H3,(H,22,23)/t9-,11-,16-/m1/s1. The second kappa shape index (κ2) is 7.95. The molecule has 0 spiro atoms. The Balaban J connectivity index is 2.11. The fourth-order valence-electron chi connectivity index (χ4n) is 3.94. The molecule has 28 heavy (non-hydrogen) atoms. The molecule has 0 aromatic heterocycles. The molecule has 0 radical (unpaired) electrons. The number of methoxy groups -OCH3 is 1. The molecule has 150 valence electrons. The molecule has 8 heteroatoms. The minimum absolute atomic E-state index is 0.0453. The second-order valence-corrected chi connectivity index (χ2v) is 7.88. The summed E-state index contributed by atoms with van der Waals surface area (Å²) in [5.74, 6) is -2.57. The van der Waals surface area contributed by atoms with Crippen molar-refractivity contribution in [2.75, 3.05) is 13.7 Å². The molecule has 0 saturated heterocycles. The van der Waals surface area contributed by atoms with Gasteiger partial charge in [0, 0.05) is 23.6 Å². The Morgan fingerprint density at radius 3 is 2.68 bits per heavy atom. The molecule has 0 fully saturated rings. The number of ether oxygens (including phenoxy) is 2. The first-order valence-corrected chi connectivity index (χ1v) is 9.87. The van der Waals surface area contributed by atoms with E-state index >= 15 is 0 Å². The van der Waals surface area contributed by atoms with Gasteiger partial charge < -0.3 is 19.9 Å². The molecule has 7 nitrogen and oxygen atoms in total. The van der Waals surface area contributed by atoms with Crippen molar-refractivity contribution in [1.82, 2.24) is 5.32 Å². The van der Waals surface area contributed by atoms with Crippen molar-refractivity contribution in [2.45, 2.75) is 32.6 Å². The number of carbonyl (C=O) groups excluding carboxylic acids is 3. The van der Waals surface area contributed by atoms with E-state index in [-0.39, 0.29) is 35.5 Å². The topological polar surface area (TPSA) is 102 Å². The van der Waals surface area contributed by atoms with E-state index in [1.54, 1.807) is 26.0 Å². The summed E-state index contributed by atoms with van der Waals surface area (Å²) in [6, 6.07) is 3.31. The molecule has 1 amide bonds. The van der Waals surface area contributed by atoms with Crippen LogP contribution in [0.4, 0.5) is 0 Å². The number of hydrogen-bond acceptors (Lipinski definition) is 6. The lowest BCUT2D eigenvalue weighted by Crippen LogP contribution is -2.44. The number of benzene rings is 1. The summed E-state index contributed by atoms with van der Waals surface area (Å²) in [4.78, 5) is 37.7. The number of rotatable bonds is 4. The molecule has 1 aliphatic carbocycles. The van der Waals surface area contributed by atoms with Crippen molar-refractivity contribution in [2.24, 2.45) is 11.8 Å². The molecule has 0 saturated carbocycles. The highest BCUT2D eigenvalue weighted by Crippen LogP contribution is 2.45. The van der Waals surface area contributed by atoms with E-state index in [9.17, 15) is 19.5 Å². The van der Waals surface area contributed by atoms with Crippen LogP contribution < -0.4 is 10.1 Å². The highest BCUT2D eigenvalue weighted by Gasteiger charge is 2.45. The third-order valence-corrected chi connectivity index (χ3v) is 5.81. The Labute approximate surface area is 171 Å². The Kier molecular flexibility index (Phi) is 5.79. The van der Waals surface area contributed by atoms with Crippen LogP contribution >= 0.6 is 15.9 Å². The minimum Gasteiger partial charge on any atom is -0.503 e. The number of hydrogen-bond donors (Lipinski definition) is 2. The van der Waals surface area contributed by atoms with Gasteiger partial charge in [-0.3, -0.25) is 14.4 Å². The zero-order chi connectivity index (χ0) is 20.6. The maximum absolute atomic E-state index is 13.2. The zero-order valence-corrected chi connectivity index (χ0v) is 17.5. The fraction of sp³-hybridized carbons (Fsp3) is 0.450. The molecule has 0 bridgehead atoms. The molecule has 0 unspecified atom stereocenters. The summed E-state index contributed by atoms with van der Waals surface area (Å²) in [6.45, 7) is 3.94. The average molecular weight is 452 g/mol. The number of amides is 1. The largest absolute Gasteiger partial charge is 0.503 e. The number of ketones is 1. The van der Waals surface area contributed by atoms with Gasteiger partial charge >= 0.3 is 5.97 Å². The predicted molar refractivity (Wildman–Crippen MR) is 104 cm³/mol. The maximum atomic E-state index is 13.2. The fourth-order valence-corrected chi connectivity index (χ4v) is 4.40. The third kappa shape index (κ3) is 3.53. The van der Waals surface area contributed by atoms with E-state index in [4.69, 9.17) is 9.47 Å². The number of esters is 1. The van der Waals surface area contributed by atoms with Crippen LogP contribution in [-0.2, 0) is 19.1 Å². The molecular formula is C20H22BrNO6. The monoisotopic (exact) mass is 451 g/mol. The molecule has 1 aliphatic heterocycles. The summed E-state index contributed by atoms with van der Waals surface area (Å²) >= 11 is 3.30. The van der Waals surface area contributed by atoms with Crippen LogP contribution in [0.2, 0.25) is 0 Å². The molecular weight excluding hydrogens is 430 g/mol. The van der Waals surface area contributed by atoms with Crippen LogP contribution in [0, 0.1) is 11.8 Å². The van der Waals surface area contributed by atoms with Crippen LogP contribution in [-0.4, -0.2) is 36.5 Å². The summed E-state index contributed by atoms with van der Waals surface area (Å²) in [6.07, 6.45) is 0.469. The minimum atomic E-state index is -0.895. The van der Waals surface area contributed by atoms with Gasteiger partial charge in [0.15, 0.2) is 17.3 Å². The van der Waals surface area contributed by atoms with E-state index < -0.39 is 17.8 Å². The quantitative estimate of drug-likeness (QED) is 0.538. The van der Waals surface area contributed by atoms with Gasteiger partial charge in [0.25, 0.3) is 0 Å². The highest BCUT2D eigenvalue weighted by atomic mass is 79.9. The van der Waals surface area contributed by atoms with Crippen LogP contribution in [0.3, 0.4) is 0 Å². The number of aromatic hydroxyl groups is 1. The van der Waals surface area contributed by atoms with Crippen molar-refractivity contribution in [3.63, 3.8) is 0 Å². The lowest BCUT2D eigenvalue weighted by molar-refractivity contribution is -0.151. The van der Waals surface area contributed by atoms with Gasteiger partial charge in [-0.2, -0.15) is 0 Å². The molecule has 2 aliphatic rings. The van der Waals surface area contributed by atoms with Gasteiger partial charge in [0.1, 0.15) is 5.92 Å². The number of allylic oxidation sites excluding steroid dienone is 2. The first-order valence-electron chi connectivity index (χ1n) is 9.08. The van der Waals surface area contributed by atoms with E-state index in [1.807, 2.05) is 0 Å². The summed E-state index contributed by atoms with van der Waals surface area (Å²) in [5, 5.41) is 13.0. The third-order valence-electron chi connectivity index (χ3n) is 5.20. The maximum Gasteiger partial charge on any atom is 0.316 e.